The zero-order valence-electron chi connectivity index (χ0n) is 30.4. The van der Waals surface area contributed by atoms with E-state index in [-0.39, 0.29) is 27.1 Å². The minimum Gasteiger partial charge on any atom is -0.375 e. The fourth-order valence-electron chi connectivity index (χ4n) is 9.57. The van der Waals surface area contributed by atoms with E-state index in [2.05, 4.69) is 42.2 Å². The maximum absolute atomic E-state index is 13.7. The van der Waals surface area contributed by atoms with Crippen molar-refractivity contribution in [2.75, 3.05) is 23.8 Å². The van der Waals surface area contributed by atoms with Gasteiger partial charge in [0.25, 0.3) is 20.0 Å². The first-order chi connectivity index (χ1) is 27.0. The molecule has 0 radical (unpaired) electrons. The molecule has 6 aliphatic rings. The average molecular weight is 837 g/mol. The molecular weight excluding hydrogens is 797 g/mol. The maximum Gasteiger partial charge on any atom is 0.333 e. The van der Waals surface area contributed by atoms with Crippen molar-refractivity contribution in [2.45, 2.75) is 105 Å². The summed E-state index contributed by atoms with van der Waals surface area (Å²) < 4.78 is 69.3. The first-order valence-corrected chi connectivity index (χ1v) is 23.7. The molecule has 0 fully saturated rings. The number of fused-ring (bicyclic) bond motifs is 6. The molecule has 294 valence electrons. The molecule has 2 aromatic carbocycles. The number of hydrogen-bond donors (Lipinski definition) is 4. The lowest BCUT2D eigenvalue weighted by molar-refractivity contribution is 0.0750. The fraction of sp³-hybridized carbons (Fsp3) is 0.474. The molecule has 2 atom stereocenters. The maximum atomic E-state index is 13.7. The van der Waals surface area contributed by atoms with Crippen LogP contribution in [0.25, 0.3) is 0 Å². The zero-order chi connectivity index (χ0) is 38.3. The van der Waals surface area contributed by atoms with E-state index in [1.807, 2.05) is 0 Å². The number of nitrogens with one attached hydrogen (secondary N) is 4. The Labute approximate surface area is 332 Å². The molecule has 2 aliphatic heterocycles. The largest absolute Gasteiger partial charge is 0.375 e. The van der Waals surface area contributed by atoms with E-state index in [1.54, 1.807) is 0 Å². The lowest BCUT2D eigenvalue weighted by Gasteiger charge is -2.26. The second-order valence-electron chi connectivity index (χ2n) is 15.5. The number of carbonyl (C=O) groups excluding carboxylic acids is 2. The van der Waals surface area contributed by atoms with Gasteiger partial charge in [0, 0.05) is 28.6 Å². The fourth-order valence-corrected chi connectivity index (χ4v) is 14.2. The topological polar surface area (TPSA) is 195 Å². The number of carbonyl (C=O) groups is 2. The summed E-state index contributed by atoms with van der Waals surface area (Å²) in [7, 11) is -8.50. The predicted octanol–water partition coefficient (Wildman–Crippen LogP) is 5.19. The Kier molecular flexibility index (Phi) is 9.01. The summed E-state index contributed by atoms with van der Waals surface area (Å²) in [5.74, 6) is -0.162. The van der Waals surface area contributed by atoms with E-state index in [0.29, 0.717) is 56.2 Å². The van der Waals surface area contributed by atoms with Gasteiger partial charge in [0.2, 0.25) is 8.68 Å². The number of hydrogen-bond acceptors (Lipinski definition) is 12. The molecule has 2 aromatic heterocycles. The normalized spacial score (nSPS) is 20.7. The van der Waals surface area contributed by atoms with Crippen LogP contribution in [0.5, 0.6) is 0 Å². The summed E-state index contributed by atoms with van der Waals surface area (Å²) in [5.41, 5.74) is 11.5. The highest BCUT2D eigenvalue weighted by molar-refractivity contribution is 7.92. The molecule has 4 aromatic rings. The number of rotatable bonds is 7. The van der Waals surface area contributed by atoms with Crippen LogP contribution < -0.4 is 20.1 Å². The molecule has 4 aliphatic carbocycles. The number of aromatic nitrogens is 2. The number of nitrogens with zero attached hydrogens (tertiary/aromatic N) is 2. The molecule has 0 spiro atoms. The molecule has 4 heterocycles. The lowest BCUT2D eigenvalue weighted by atomic mass is 9.87. The molecule has 4 amide bonds. The Morgan fingerprint density at radius 3 is 1.84 bits per heavy atom. The molecule has 18 heteroatoms. The van der Waals surface area contributed by atoms with Crippen LogP contribution >= 0.6 is 22.7 Å². The van der Waals surface area contributed by atoms with Crippen molar-refractivity contribution in [3.63, 3.8) is 0 Å². The van der Waals surface area contributed by atoms with Crippen LogP contribution in [0.2, 0.25) is 0 Å². The third kappa shape index (κ3) is 6.41. The first-order valence-electron chi connectivity index (χ1n) is 19.1. The second-order valence-corrected chi connectivity index (χ2v) is 21.3. The molecule has 2 unspecified atom stereocenters. The van der Waals surface area contributed by atoms with Crippen molar-refractivity contribution in [1.29, 1.82) is 0 Å². The van der Waals surface area contributed by atoms with E-state index in [9.17, 15) is 26.4 Å². The summed E-state index contributed by atoms with van der Waals surface area (Å²) in [6.07, 6.45) is 9.98. The molecule has 0 saturated heterocycles. The molecular formula is C38H40N6O8S4. The smallest absolute Gasteiger partial charge is 0.333 e. The highest BCUT2D eigenvalue weighted by atomic mass is 32.3. The summed E-state index contributed by atoms with van der Waals surface area (Å²) in [6, 6.07) is 2.81. The average Bonchev–Trinajstić information content (AvgIpc) is 4.01. The SMILES string of the molecule is O=C(Nc1c2c(cc3c1CC(C1COCc4nc(S(=O)(=O)NC(=O)Nc5c6c(cc7c5CCC7)CCC6)sc41)C3)CCC2)NS(=O)(=O)c1nc2c(s1)COCC2. The molecule has 0 saturated carbocycles. The van der Waals surface area contributed by atoms with Crippen molar-refractivity contribution in [2.24, 2.45) is 5.92 Å². The van der Waals surface area contributed by atoms with Gasteiger partial charge >= 0.3 is 12.1 Å². The van der Waals surface area contributed by atoms with Crippen LogP contribution in [0.3, 0.4) is 0 Å². The van der Waals surface area contributed by atoms with Crippen molar-refractivity contribution in [3.05, 3.63) is 77.8 Å². The van der Waals surface area contributed by atoms with Gasteiger partial charge in [-0.25, -0.2) is 29.0 Å². The van der Waals surface area contributed by atoms with Crippen molar-refractivity contribution >= 4 is 66.2 Å². The summed E-state index contributed by atoms with van der Waals surface area (Å²) in [6.45, 7) is 1.31. The number of thiazole rings is 2. The van der Waals surface area contributed by atoms with Gasteiger partial charge in [-0.1, -0.05) is 12.1 Å². The van der Waals surface area contributed by atoms with Gasteiger partial charge in [-0.2, -0.15) is 16.8 Å². The number of ether oxygens (including phenoxy) is 2. The molecule has 56 heavy (non-hydrogen) atoms. The highest BCUT2D eigenvalue weighted by Gasteiger charge is 2.40. The van der Waals surface area contributed by atoms with Crippen LogP contribution in [0.1, 0.15) is 90.8 Å². The highest BCUT2D eigenvalue weighted by Crippen LogP contribution is 2.47. The molecule has 14 nitrogen and oxygen atoms in total. The van der Waals surface area contributed by atoms with Crippen LogP contribution in [0.15, 0.2) is 20.8 Å². The molecule has 10 rings (SSSR count). The third-order valence-electron chi connectivity index (χ3n) is 12.0. The molecule has 0 bridgehead atoms. The monoisotopic (exact) mass is 836 g/mol. The van der Waals surface area contributed by atoms with Gasteiger partial charge in [0.05, 0.1) is 42.7 Å². The Morgan fingerprint density at radius 2 is 1.21 bits per heavy atom. The lowest BCUT2D eigenvalue weighted by Crippen LogP contribution is -2.35. The van der Waals surface area contributed by atoms with Crippen LogP contribution in [0.4, 0.5) is 21.0 Å². The Hall–Kier alpha value is -3.94. The van der Waals surface area contributed by atoms with Crippen LogP contribution in [0, 0.1) is 5.92 Å². The van der Waals surface area contributed by atoms with Gasteiger partial charge in [-0.15, -0.1) is 22.7 Å². The Balaban J connectivity index is 0.866. The quantitative estimate of drug-likeness (QED) is 0.193. The summed E-state index contributed by atoms with van der Waals surface area (Å²) >= 11 is 2.09. The number of benzene rings is 2. The Morgan fingerprint density at radius 1 is 0.643 bits per heavy atom. The van der Waals surface area contributed by atoms with Gasteiger partial charge in [-0.05, 0) is 121 Å². The summed E-state index contributed by atoms with van der Waals surface area (Å²) in [4.78, 5) is 37.0. The van der Waals surface area contributed by atoms with Gasteiger partial charge in [0.15, 0.2) is 0 Å². The number of anilines is 2. The van der Waals surface area contributed by atoms with Crippen molar-refractivity contribution in [1.82, 2.24) is 19.4 Å². The number of amides is 4. The first kappa shape index (κ1) is 36.4. The van der Waals surface area contributed by atoms with Crippen LogP contribution in [-0.4, -0.2) is 52.1 Å². The van der Waals surface area contributed by atoms with Crippen molar-refractivity contribution < 1.29 is 35.9 Å². The standard InChI is InChI=1S/C38H40N6O8S4/c45-35(41-32-24-7-1-4-19(24)12-20-5-2-8-25(20)32)44-56(49,50)38-40-30-17-52-16-28(34(30)54-38)23-14-22-13-21-6-3-9-26(21)33(27(22)15-23)42-36(46)43-55(47,48)37-39-29-10-11-51-18-31(29)53-37/h12-13,23,28H,1-11,14-18H2,(H2,41,44,45)(H2,42,43,46). The Bertz CT molecular complexity index is 2510. The third-order valence-corrected chi connectivity index (χ3v) is 17.8. The number of aryl methyl sites for hydroxylation is 3. The number of urea groups is 2. The van der Waals surface area contributed by atoms with E-state index in [0.717, 1.165) is 129 Å². The second kappa shape index (κ2) is 13.9. The van der Waals surface area contributed by atoms with Gasteiger partial charge < -0.3 is 20.1 Å². The minimum absolute atomic E-state index is 0.0114. The zero-order valence-corrected chi connectivity index (χ0v) is 33.7. The predicted molar refractivity (Wildman–Crippen MR) is 209 cm³/mol. The van der Waals surface area contributed by atoms with E-state index < -0.39 is 32.1 Å². The van der Waals surface area contributed by atoms with Crippen molar-refractivity contribution in [3.8, 4) is 0 Å². The van der Waals surface area contributed by atoms with E-state index in [4.69, 9.17) is 9.47 Å². The molecule has 4 N–H and O–H groups in total. The number of sulfonamides is 2. The van der Waals surface area contributed by atoms with Crippen LogP contribution in [-0.2, 0) is 101 Å². The minimum atomic E-state index is -4.29. The van der Waals surface area contributed by atoms with Gasteiger partial charge in [-0.3, -0.25) is 0 Å². The van der Waals surface area contributed by atoms with E-state index in [1.165, 1.54) is 11.1 Å². The summed E-state index contributed by atoms with van der Waals surface area (Å²) in [5, 5.41) is 5.83. The van der Waals surface area contributed by atoms with Gasteiger partial charge in [0.1, 0.15) is 0 Å². The van der Waals surface area contributed by atoms with E-state index >= 15 is 0 Å².